The number of hydrogen-bond donors (Lipinski definition) is 1. The number of halogens is 1. The van der Waals surface area contributed by atoms with E-state index in [0.717, 1.165) is 9.86 Å². The molecule has 0 aliphatic carbocycles. The van der Waals surface area contributed by atoms with E-state index in [0.29, 0.717) is 28.4 Å². The van der Waals surface area contributed by atoms with Crippen LogP contribution in [0.4, 0.5) is 0 Å². The zero-order chi connectivity index (χ0) is 18.1. The summed E-state index contributed by atoms with van der Waals surface area (Å²) in [6, 6.07) is 10.7. The smallest absolute Gasteiger partial charge is 0.307 e. The first-order chi connectivity index (χ1) is 12.6. The zero-order valence-electron chi connectivity index (χ0n) is 13.6. The molecule has 132 valence electrons. The quantitative estimate of drug-likeness (QED) is 0.517. The van der Waals surface area contributed by atoms with Gasteiger partial charge in [0.05, 0.1) is 13.3 Å². The minimum absolute atomic E-state index is 0.144. The molecule has 0 unspecified atom stereocenters. The van der Waals surface area contributed by atoms with Crippen molar-refractivity contribution >= 4 is 39.0 Å². The van der Waals surface area contributed by atoms with Crippen LogP contribution in [0.15, 0.2) is 50.4 Å². The molecule has 4 rings (SSSR count). The Balaban J connectivity index is 1.50. The molecule has 2 heterocycles. The molecular formula is C18H13BrN2O5. The molecule has 8 heteroatoms. The summed E-state index contributed by atoms with van der Waals surface area (Å²) in [5.41, 5.74) is 3.76. The number of benzene rings is 2. The van der Waals surface area contributed by atoms with Gasteiger partial charge in [0.2, 0.25) is 12.5 Å². The fourth-order valence-electron chi connectivity index (χ4n) is 2.57. The predicted molar refractivity (Wildman–Crippen MR) is 98.1 cm³/mol. The van der Waals surface area contributed by atoms with Gasteiger partial charge < -0.3 is 18.6 Å². The van der Waals surface area contributed by atoms with E-state index in [-0.39, 0.29) is 12.6 Å². The van der Waals surface area contributed by atoms with Crippen LogP contribution in [0.1, 0.15) is 16.1 Å². The number of furan rings is 1. The number of methoxy groups -OCH3 is 1. The minimum Gasteiger partial charge on any atom is -0.493 e. The zero-order valence-corrected chi connectivity index (χ0v) is 15.2. The van der Waals surface area contributed by atoms with Gasteiger partial charge in [-0.2, -0.15) is 5.10 Å². The lowest BCUT2D eigenvalue weighted by atomic mass is 10.2. The maximum atomic E-state index is 12.2. The summed E-state index contributed by atoms with van der Waals surface area (Å²) >= 11 is 3.38. The third-order valence-electron chi connectivity index (χ3n) is 3.76. The van der Waals surface area contributed by atoms with E-state index in [1.54, 1.807) is 31.4 Å². The number of nitrogens with one attached hydrogen (secondary N) is 1. The fourth-order valence-corrected chi connectivity index (χ4v) is 2.95. The molecule has 0 atom stereocenters. The number of nitrogens with zero attached hydrogens (tertiary/aromatic N) is 1. The number of hydrazone groups is 1. The second-order valence-corrected chi connectivity index (χ2v) is 6.36. The predicted octanol–water partition coefficient (Wildman–Crippen LogP) is 3.70. The lowest BCUT2D eigenvalue weighted by Gasteiger charge is -2.05. The largest absolute Gasteiger partial charge is 0.493 e. The van der Waals surface area contributed by atoms with Crippen LogP contribution in [-0.4, -0.2) is 26.0 Å². The lowest BCUT2D eigenvalue weighted by molar-refractivity contribution is 0.0929. The van der Waals surface area contributed by atoms with Crippen molar-refractivity contribution in [2.45, 2.75) is 0 Å². The number of ether oxygens (including phenoxy) is 3. The van der Waals surface area contributed by atoms with Crippen molar-refractivity contribution < 1.29 is 23.4 Å². The average molecular weight is 417 g/mol. The van der Waals surface area contributed by atoms with Crippen molar-refractivity contribution in [1.82, 2.24) is 5.43 Å². The molecule has 2 aromatic carbocycles. The summed E-state index contributed by atoms with van der Waals surface area (Å²) in [5, 5.41) is 4.79. The Morgan fingerprint density at radius 2 is 2.15 bits per heavy atom. The van der Waals surface area contributed by atoms with Crippen molar-refractivity contribution in [3.8, 4) is 17.2 Å². The normalized spacial score (nSPS) is 12.7. The molecule has 0 spiro atoms. The lowest BCUT2D eigenvalue weighted by Crippen LogP contribution is -2.16. The first-order valence-corrected chi connectivity index (χ1v) is 8.43. The van der Waals surface area contributed by atoms with Gasteiger partial charge in [0.15, 0.2) is 17.3 Å². The van der Waals surface area contributed by atoms with Crippen LogP contribution in [0, 0.1) is 0 Å². The highest BCUT2D eigenvalue weighted by Crippen LogP contribution is 2.41. The molecule has 1 N–H and O–H groups in total. The van der Waals surface area contributed by atoms with E-state index in [2.05, 4.69) is 26.5 Å². The Morgan fingerprint density at radius 3 is 3.00 bits per heavy atom. The van der Waals surface area contributed by atoms with Gasteiger partial charge >= 0.3 is 5.91 Å². The van der Waals surface area contributed by atoms with Gasteiger partial charge in [-0.05, 0) is 36.4 Å². The summed E-state index contributed by atoms with van der Waals surface area (Å²) < 4.78 is 22.4. The number of amides is 1. The topological polar surface area (TPSA) is 82.3 Å². The molecule has 0 bridgehead atoms. The van der Waals surface area contributed by atoms with Crippen molar-refractivity contribution in [2.75, 3.05) is 13.9 Å². The molecule has 26 heavy (non-hydrogen) atoms. The molecule has 1 aromatic heterocycles. The summed E-state index contributed by atoms with van der Waals surface area (Å²) in [6.07, 6.45) is 1.49. The van der Waals surface area contributed by atoms with Crippen LogP contribution < -0.4 is 19.6 Å². The summed E-state index contributed by atoms with van der Waals surface area (Å²) in [6.45, 7) is 0.144. The van der Waals surface area contributed by atoms with Gasteiger partial charge in [0.1, 0.15) is 5.58 Å². The van der Waals surface area contributed by atoms with Crippen LogP contribution in [0.25, 0.3) is 11.0 Å². The summed E-state index contributed by atoms with van der Waals surface area (Å²) in [5.74, 6) is 1.40. The van der Waals surface area contributed by atoms with E-state index < -0.39 is 5.91 Å². The van der Waals surface area contributed by atoms with Crippen molar-refractivity contribution in [2.24, 2.45) is 5.10 Å². The van der Waals surface area contributed by atoms with Crippen LogP contribution in [0.5, 0.6) is 17.2 Å². The van der Waals surface area contributed by atoms with E-state index in [1.165, 1.54) is 6.21 Å². The monoisotopic (exact) mass is 416 g/mol. The van der Waals surface area contributed by atoms with E-state index >= 15 is 0 Å². The van der Waals surface area contributed by atoms with Crippen molar-refractivity contribution in [3.63, 3.8) is 0 Å². The van der Waals surface area contributed by atoms with Crippen molar-refractivity contribution in [3.05, 3.63) is 52.2 Å². The second-order valence-electron chi connectivity index (χ2n) is 5.45. The third kappa shape index (κ3) is 3.11. The van der Waals surface area contributed by atoms with Gasteiger partial charge in [-0.15, -0.1) is 0 Å². The Labute approximate surface area is 156 Å². The molecule has 0 radical (unpaired) electrons. The van der Waals surface area contributed by atoms with E-state index in [1.807, 2.05) is 12.1 Å². The number of rotatable bonds is 4. The molecule has 1 amide bonds. The standard InChI is InChI=1S/C18H13BrN2O5/c1-23-14-4-10(5-15-17(14)25-9-24-15)8-20-21-18(22)16-7-11-6-12(19)2-3-13(11)26-16/h2-8H,9H2,1H3,(H,21,22)/b20-8+. The molecule has 0 fully saturated rings. The van der Waals surface area contributed by atoms with Gasteiger partial charge in [-0.1, -0.05) is 15.9 Å². The molecular weight excluding hydrogens is 404 g/mol. The molecule has 1 aliphatic rings. The fraction of sp³-hybridized carbons (Fsp3) is 0.111. The Morgan fingerprint density at radius 1 is 1.27 bits per heavy atom. The highest BCUT2D eigenvalue weighted by atomic mass is 79.9. The Bertz CT molecular complexity index is 1030. The molecule has 1 aliphatic heterocycles. The molecule has 0 saturated heterocycles. The Kier molecular flexibility index (Phi) is 4.26. The van der Waals surface area contributed by atoms with Gasteiger partial charge in [-0.25, -0.2) is 5.43 Å². The van der Waals surface area contributed by atoms with Crippen LogP contribution >= 0.6 is 15.9 Å². The van der Waals surface area contributed by atoms with Crippen LogP contribution in [0.3, 0.4) is 0 Å². The maximum Gasteiger partial charge on any atom is 0.307 e. The van der Waals surface area contributed by atoms with Gasteiger partial charge in [-0.3, -0.25) is 4.79 Å². The first-order valence-electron chi connectivity index (χ1n) is 7.64. The van der Waals surface area contributed by atoms with Crippen LogP contribution in [0.2, 0.25) is 0 Å². The van der Waals surface area contributed by atoms with Crippen molar-refractivity contribution in [1.29, 1.82) is 0 Å². The minimum atomic E-state index is -0.443. The highest BCUT2D eigenvalue weighted by Gasteiger charge is 2.19. The highest BCUT2D eigenvalue weighted by molar-refractivity contribution is 9.10. The summed E-state index contributed by atoms with van der Waals surface area (Å²) in [4.78, 5) is 12.2. The van der Waals surface area contributed by atoms with Crippen LogP contribution in [-0.2, 0) is 0 Å². The SMILES string of the molecule is COc1cc(/C=N/NC(=O)c2cc3cc(Br)ccc3o2)cc2c1OCO2. The molecule has 0 saturated carbocycles. The van der Waals surface area contributed by atoms with Gasteiger partial charge in [0.25, 0.3) is 0 Å². The van der Waals surface area contributed by atoms with E-state index in [9.17, 15) is 4.79 Å². The molecule has 3 aromatic rings. The first kappa shape index (κ1) is 16.5. The molecule has 7 nitrogen and oxygen atoms in total. The number of carbonyl (C=O) groups is 1. The maximum absolute atomic E-state index is 12.2. The Hall–Kier alpha value is -3.00. The third-order valence-corrected chi connectivity index (χ3v) is 4.26. The number of carbonyl (C=O) groups excluding carboxylic acids is 1. The van der Waals surface area contributed by atoms with E-state index in [4.69, 9.17) is 18.6 Å². The average Bonchev–Trinajstić information content (AvgIpc) is 3.27. The second kappa shape index (κ2) is 6.72. The summed E-state index contributed by atoms with van der Waals surface area (Å²) in [7, 11) is 1.54. The number of hydrogen-bond acceptors (Lipinski definition) is 6. The number of fused-ring (bicyclic) bond motifs is 2. The van der Waals surface area contributed by atoms with Gasteiger partial charge in [0, 0.05) is 15.4 Å².